The van der Waals surface area contributed by atoms with Gasteiger partial charge in [0.15, 0.2) is 0 Å². The fourth-order valence-electron chi connectivity index (χ4n) is 1.65. The van der Waals surface area contributed by atoms with Crippen molar-refractivity contribution in [3.05, 3.63) is 0 Å². The SMILES string of the molecule is Cl.NCC(=O)NC1CCCC(N)C1. The standard InChI is InChI=1S/C8H17N3O.ClH/c9-5-8(12)11-7-3-1-2-6(10)4-7;/h6-7H,1-5,9-10H2,(H,11,12);1H. The maximum absolute atomic E-state index is 10.9. The minimum absolute atomic E-state index is 0. The van der Waals surface area contributed by atoms with Crippen molar-refractivity contribution in [3.8, 4) is 0 Å². The Morgan fingerprint density at radius 2 is 2.15 bits per heavy atom. The zero-order chi connectivity index (χ0) is 8.97. The molecule has 0 bridgehead atoms. The minimum atomic E-state index is -0.0749. The summed E-state index contributed by atoms with van der Waals surface area (Å²) in [4.78, 5) is 10.9. The Labute approximate surface area is 84.8 Å². The Kier molecular flexibility index (Phi) is 6.03. The first-order valence-corrected chi connectivity index (χ1v) is 4.47. The van der Waals surface area contributed by atoms with Crippen molar-refractivity contribution in [3.63, 3.8) is 0 Å². The van der Waals surface area contributed by atoms with E-state index in [2.05, 4.69) is 5.32 Å². The van der Waals surface area contributed by atoms with E-state index in [4.69, 9.17) is 11.5 Å². The lowest BCUT2D eigenvalue weighted by atomic mass is 9.92. The predicted molar refractivity (Wildman–Crippen MR) is 54.7 cm³/mol. The van der Waals surface area contributed by atoms with Crippen LogP contribution in [0.15, 0.2) is 0 Å². The first-order chi connectivity index (χ1) is 5.72. The van der Waals surface area contributed by atoms with Crippen LogP contribution in [-0.4, -0.2) is 24.5 Å². The summed E-state index contributed by atoms with van der Waals surface area (Å²) in [6, 6.07) is 0.506. The largest absolute Gasteiger partial charge is 0.352 e. The number of rotatable bonds is 2. The Morgan fingerprint density at radius 3 is 2.69 bits per heavy atom. The highest BCUT2D eigenvalue weighted by molar-refractivity contribution is 5.85. The Balaban J connectivity index is 0.00000144. The number of halogens is 1. The highest BCUT2D eigenvalue weighted by Gasteiger charge is 2.19. The van der Waals surface area contributed by atoms with Crippen molar-refractivity contribution in [1.82, 2.24) is 5.32 Å². The van der Waals surface area contributed by atoms with Gasteiger partial charge in [0.2, 0.25) is 5.91 Å². The van der Waals surface area contributed by atoms with Crippen LogP contribution in [-0.2, 0) is 4.79 Å². The van der Waals surface area contributed by atoms with E-state index in [1.54, 1.807) is 0 Å². The number of nitrogens with two attached hydrogens (primary N) is 2. The zero-order valence-electron chi connectivity index (χ0n) is 7.66. The summed E-state index contributed by atoms with van der Waals surface area (Å²) in [6.07, 6.45) is 4.12. The molecule has 13 heavy (non-hydrogen) atoms. The van der Waals surface area contributed by atoms with E-state index in [1.807, 2.05) is 0 Å². The van der Waals surface area contributed by atoms with Crippen LogP contribution in [0.1, 0.15) is 25.7 Å². The molecule has 0 saturated heterocycles. The quantitative estimate of drug-likeness (QED) is 0.584. The van der Waals surface area contributed by atoms with Gasteiger partial charge in [0.05, 0.1) is 6.54 Å². The van der Waals surface area contributed by atoms with E-state index in [0.717, 1.165) is 25.7 Å². The predicted octanol–water partition coefficient (Wildman–Crippen LogP) is -0.247. The fraction of sp³-hybridized carbons (Fsp3) is 0.875. The van der Waals surface area contributed by atoms with Crippen molar-refractivity contribution >= 4 is 18.3 Å². The molecule has 1 rings (SSSR count). The zero-order valence-corrected chi connectivity index (χ0v) is 8.48. The highest BCUT2D eigenvalue weighted by Crippen LogP contribution is 2.16. The van der Waals surface area contributed by atoms with Gasteiger partial charge in [-0.2, -0.15) is 0 Å². The van der Waals surface area contributed by atoms with Gasteiger partial charge in [-0.05, 0) is 25.7 Å². The first-order valence-electron chi connectivity index (χ1n) is 4.47. The van der Waals surface area contributed by atoms with E-state index in [-0.39, 0.29) is 36.9 Å². The third-order valence-electron chi connectivity index (χ3n) is 2.27. The van der Waals surface area contributed by atoms with E-state index in [9.17, 15) is 4.79 Å². The second-order valence-corrected chi connectivity index (χ2v) is 3.40. The van der Waals surface area contributed by atoms with Gasteiger partial charge in [-0.15, -0.1) is 12.4 Å². The molecule has 0 spiro atoms. The lowest BCUT2D eigenvalue weighted by Gasteiger charge is -2.27. The molecule has 5 N–H and O–H groups in total. The van der Waals surface area contributed by atoms with Crippen molar-refractivity contribution in [2.45, 2.75) is 37.8 Å². The molecule has 1 aliphatic carbocycles. The van der Waals surface area contributed by atoms with Gasteiger partial charge < -0.3 is 16.8 Å². The second-order valence-electron chi connectivity index (χ2n) is 3.40. The molecule has 0 aliphatic heterocycles. The van der Waals surface area contributed by atoms with Crippen LogP contribution in [0.3, 0.4) is 0 Å². The summed E-state index contributed by atoms with van der Waals surface area (Å²) in [5, 5.41) is 2.86. The summed E-state index contributed by atoms with van der Waals surface area (Å²) in [7, 11) is 0. The lowest BCUT2D eigenvalue weighted by Crippen LogP contribution is -2.44. The topological polar surface area (TPSA) is 81.1 Å². The molecule has 2 atom stereocenters. The van der Waals surface area contributed by atoms with Crippen molar-refractivity contribution in [2.24, 2.45) is 11.5 Å². The van der Waals surface area contributed by atoms with Crippen LogP contribution in [0.4, 0.5) is 0 Å². The molecule has 2 unspecified atom stereocenters. The van der Waals surface area contributed by atoms with E-state index >= 15 is 0 Å². The molecule has 0 radical (unpaired) electrons. The van der Waals surface area contributed by atoms with Gasteiger partial charge in [0.1, 0.15) is 0 Å². The van der Waals surface area contributed by atoms with Crippen molar-refractivity contribution in [2.75, 3.05) is 6.54 Å². The molecule has 5 heteroatoms. The molecule has 1 amide bonds. The van der Waals surface area contributed by atoms with Gasteiger partial charge in [0, 0.05) is 12.1 Å². The van der Waals surface area contributed by atoms with Gasteiger partial charge in [0.25, 0.3) is 0 Å². The lowest BCUT2D eigenvalue weighted by molar-refractivity contribution is -0.120. The van der Waals surface area contributed by atoms with Crippen LogP contribution in [0.25, 0.3) is 0 Å². The average molecular weight is 208 g/mol. The van der Waals surface area contributed by atoms with Crippen LogP contribution < -0.4 is 16.8 Å². The molecule has 4 nitrogen and oxygen atoms in total. The fourth-order valence-corrected chi connectivity index (χ4v) is 1.65. The highest BCUT2D eigenvalue weighted by atomic mass is 35.5. The third kappa shape index (κ3) is 4.45. The van der Waals surface area contributed by atoms with Gasteiger partial charge in [-0.1, -0.05) is 0 Å². The molecule has 0 aromatic heterocycles. The maximum atomic E-state index is 10.9. The number of hydrogen-bond acceptors (Lipinski definition) is 3. The van der Waals surface area contributed by atoms with E-state index < -0.39 is 0 Å². The summed E-state index contributed by atoms with van der Waals surface area (Å²) >= 11 is 0. The van der Waals surface area contributed by atoms with Crippen LogP contribution in [0.5, 0.6) is 0 Å². The molecule has 0 aromatic carbocycles. The molecule has 78 valence electrons. The molecular formula is C8H18ClN3O. The molecule has 1 saturated carbocycles. The van der Waals surface area contributed by atoms with Gasteiger partial charge in [-0.3, -0.25) is 4.79 Å². The van der Waals surface area contributed by atoms with Crippen molar-refractivity contribution < 1.29 is 4.79 Å². The summed E-state index contributed by atoms with van der Waals surface area (Å²) in [5.41, 5.74) is 10.9. The molecule has 0 heterocycles. The Morgan fingerprint density at radius 1 is 1.46 bits per heavy atom. The van der Waals surface area contributed by atoms with Gasteiger partial charge >= 0.3 is 0 Å². The Bertz CT molecular complexity index is 165. The minimum Gasteiger partial charge on any atom is -0.352 e. The number of hydrogen-bond donors (Lipinski definition) is 3. The monoisotopic (exact) mass is 207 g/mol. The summed E-state index contributed by atoms with van der Waals surface area (Å²) < 4.78 is 0. The molecule has 0 aromatic rings. The summed E-state index contributed by atoms with van der Waals surface area (Å²) in [5.74, 6) is -0.0749. The number of carbonyl (C=O) groups excluding carboxylic acids is 1. The Hall–Kier alpha value is -0.320. The number of amides is 1. The number of nitrogens with one attached hydrogen (secondary N) is 1. The van der Waals surface area contributed by atoms with Crippen LogP contribution in [0, 0.1) is 0 Å². The van der Waals surface area contributed by atoms with Crippen LogP contribution in [0.2, 0.25) is 0 Å². The molecule has 1 aliphatic rings. The van der Waals surface area contributed by atoms with E-state index in [0.29, 0.717) is 0 Å². The number of carbonyl (C=O) groups is 1. The normalized spacial score (nSPS) is 27.5. The van der Waals surface area contributed by atoms with E-state index in [1.165, 1.54) is 0 Å². The maximum Gasteiger partial charge on any atom is 0.233 e. The first kappa shape index (κ1) is 12.7. The van der Waals surface area contributed by atoms with Gasteiger partial charge in [-0.25, -0.2) is 0 Å². The van der Waals surface area contributed by atoms with Crippen molar-refractivity contribution in [1.29, 1.82) is 0 Å². The third-order valence-corrected chi connectivity index (χ3v) is 2.27. The van der Waals surface area contributed by atoms with Crippen LogP contribution >= 0.6 is 12.4 Å². The smallest absolute Gasteiger partial charge is 0.233 e. The second kappa shape index (κ2) is 6.18. The summed E-state index contributed by atoms with van der Waals surface area (Å²) in [6.45, 7) is 0.0751. The molecular weight excluding hydrogens is 190 g/mol. The molecule has 1 fully saturated rings. The average Bonchev–Trinajstić information content (AvgIpc) is 2.04.